The summed E-state index contributed by atoms with van der Waals surface area (Å²) in [5.74, 6) is -1.03. The van der Waals surface area contributed by atoms with Crippen LogP contribution in [0.4, 0.5) is 10.1 Å². The second-order valence-corrected chi connectivity index (χ2v) is 7.38. The van der Waals surface area contributed by atoms with E-state index in [2.05, 4.69) is 5.32 Å². The van der Waals surface area contributed by atoms with Crippen molar-refractivity contribution in [2.24, 2.45) is 0 Å². The van der Waals surface area contributed by atoms with E-state index in [0.717, 1.165) is 5.56 Å². The highest BCUT2D eigenvalue weighted by Gasteiger charge is 2.32. The zero-order chi connectivity index (χ0) is 21.1. The van der Waals surface area contributed by atoms with Crippen LogP contribution in [-0.4, -0.2) is 23.3 Å². The minimum Gasteiger partial charge on any atom is -0.324 e. The van der Waals surface area contributed by atoms with E-state index in [1.165, 1.54) is 23.1 Å². The topological polar surface area (TPSA) is 49.4 Å². The Hall–Kier alpha value is -3.44. The zero-order valence-corrected chi connectivity index (χ0v) is 16.6. The number of rotatable bonds is 3. The Morgan fingerprint density at radius 2 is 1.80 bits per heavy atom. The van der Waals surface area contributed by atoms with Crippen molar-refractivity contribution >= 4 is 35.2 Å². The molecule has 0 fully saturated rings. The highest BCUT2D eigenvalue weighted by Crippen LogP contribution is 2.37. The van der Waals surface area contributed by atoms with Crippen molar-refractivity contribution < 1.29 is 14.0 Å². The van der Waals surface area contributed by atoms with Crippen molar-refractivity contribution in [3.8, 4) is 0 Å². The number of benzene rings is 3. The monoisotopic (exact) mass is 420 g/mol. The summed E-state index contributed by atoms with van der Waals surface area (Å²) >= 11 is 6.22. The van der Waals surface area contributed by atoms with Crippen LogP contribution in [0.2, 0.25) is 5.02 Å². The molecule has 1 heterocycles. The molecule has 0 aliphatic carbocycles. The molecule has 0 saturated heterocycles. The lowest BCUT2D eigenvalue weighted by molar-refractivity contribution is -0.131. The molecule has 0 spiro atoms. The van der Waals surface area contributed by atoms with Crippen molar-refractivity contribution in [2.75, 3.05) is 11.9 Å². The Kier molecular flexibility index (Phi) is 5.63. The predicted molar refractivity (Wildman–Crippen MR) is 116 cm³/mol. The van der Waals surface area contributed by atoms with Gasteiger partial charge in [0.1, 0.15) is 12.4 Å². The van der Waals surface area contributed by atoms with Crippen LogP contribution in [0.1, 0.15) is 22.7 Å². The number of halogens is 2. The van der Waals surface area contributed by atoms with E-state index in [0.29, 0.717) is 21.8 Å². The summed E-state index contributed by atoms with van der Waals surface area (Å²) in [5, 5.41) is 3.31. The van der Waals surface area contributed by atoms with E-state index in [4.69, 9.17) is 11.6 Å². The highest BCUT2D eigenvalue weighted by molar-refractivity contribution is 6.30. The number of fused-ring (bicyclic) bond motifs is 1. The number of hydrogen-bond donors (Lipinski definition) is 1. The average molecular weight is 421 g/mol. The molecule has 1 atom stereocenters. The van der Waals surface area contributed by atoms with Gasteiger partial charge >= 0.3 is 0 Å². The van der Waals surface area contributed by atoms with Gasteiger partial charge < -0.3 is 10.2 Å². The van der Waals surface area contributed by atoms with Gasteiger partial charge in [0.15, 0.2) is 0 Å². The third-order valence-electron chi connectivity index (χ3n) is 4.89. The molecule has 30 heavy (non-hydrogen) atoms. The molecule has 0 aromatic heterocycles. The smallest absolute Gasteiger partial charge is 0.247 e. The van der Waals surface area contributed by atoms with Crippen LogP contribution in [-0.2, 0) is 9.59 Å². The molecule has 0 radical (unpaired) electrons. The average Bonchev–Trinajstić information content (AvgIpc) is 2.89. The number of amides is 2. The Morgan fingerprint density at radius 1 is 1.07 bits per heavy atom. The molecule has 3 aromatic rings. The summed E-state index contributed by atoms with van der Waals surface area (Å²) in [6, 6.07) is 19.8. The van der Waals surface area contributed by atoms with Gasteiger partial charge in [-0.15, -0.1) is 0 Å². The molecule has 4 nitrogen and oxygen atoms in total. The summed E-state index contributed by atoms with van der Waals surface area (Å²) in [7, 11) is 0. The molecule has 1 N–H and O–H groups in total. The molecular formula is C24H18ClFN2O2. The summed E-state index contributed by atoms with van der Waals surface area (Å²) in [6.45, 7) is -0.147. The lowest BCUT2D eigenvalue weighted by atomic mass is 9.95. The normalized spacial score (nSPS) is 16.1. The first-order valence-electron chi connectivity index (χ1n) is 9.40. The maximum Gasteiger partial charge on any atom is 0.247 e. The third-order valence-corrected chi connectivity index (χ3v) is 5.13. The first-order valence-corrected chi connectivity index (χ1v) is 9.77. The second kappa shape index (κ2) is 8.51. The largest absolute Gasteiger partial charge is 0.324 e. The second-order valence-electron chi connectivity index (χ2n) is 6.94. The molecule has 0 bridgehead atoms. The van der Waals surface area contributed by atoms with Gasteiger partial charge in [-0.1, -0.05) is 54.1 Å². The van der Waals surface area contributed by atoms with Crippen molar-refractivity contribution in [1.82, 2.24) is 4.90 Å². The summed E-state index contributed by atoms with van der Waals surface area (Å²) in [4.78, 5) is 27.2. The first-order chi connectivity index (χ1) is 14.5. The third kappa shape index (κ3) is 4.26. The number of hydrogen-bond acceptors (Lipinski definition) is 2. The van der Waals surface area contributed by atoms with Gasteiger partial charge in [-0.05, 0) is 47.5 Å². The molecule has 0 saturated carbocycles. The van der Waals surface area contributed by atoms with Gasteiger partial charge in [0.05, 0.1) is 6.04 Å². The summed E-state index contributed by atoms with van der Waals surface area (Å²) in [6.07, 6.45) is 3.14. The Balaban J connectivity index is 1.79. The summed E-state index contributed by atoms with van der Waals surface area (Å²) < 4.78 is 13.5. The van der Waals surface area contributed by atoms with Crippen LogP contribution in [0, 0.1) is 5.82 Å². The van der Waals surface area contributed by atoms with Gasteiger partial charge in [0, 0.05) is 22.3 Å². The lowest BCUT2D eigenvalue weighted by Gasteiger charge is -2.29. The number of carbonyl (C=O) groups is 2. The van der Waals surface area contributed by atoms with Gasteiger partial charge in [-0.2, -0.15) is 0 Å². The molecule has 3 aromatic carbocycles. The van der Waals surface area contributed by atoms with Gasteiger partial charge in [-0.3, -0.25) is 9.59 Å². The van der Waals surface area contributed by atoms with Crippen molar-refractivity contribution in [3.63, 3.8) is 0 Å². The molecule has 2 amide bonds. The van der Waals surface area contributed by atoms with E-state index in [9.17, 15) is 14.0 Å². The van der Waals surface area contributed by atoms with Crippen molar-refractivity contribution in [1.29, 1.82) is 0 Å². The Morgan fingerprint density at radius 3 is 2.53 bits per heavy atom. The molecule has 150 valence electrons. The van der Waals surface area contributed by atoms with Gasteiger partial charge in [0.2, 0.25) is 11.8 Å². The van der Waals surface area contributed by atoms with Gasteiger partial charge in [0.25, 0.3) is 0 Å². The van der Waals surface area contributed by atoms with Crippen LogP contribution in [0.3, 0.4) is 0 Å². The fourth-order valence-corrected chi connectivity index (χ4v) is 3.69. The quantitative estimate of drug-likeness (QED) is 0.602. The molecule has 1 unspecified atom stereocenters. The predicted octanol–water partition coefficient (Wildman–Crippen LogP) is 5.06. The van der Waals surface area contributed by atoms with E-state index < -0.39 is 6.04 Å². The fourth-order valence-electron chi connectivity index (χ4n) is 3.51. The fraction of sp³-hybridized carbons (Fsp3) is 0.0833. The van der Waals surface area contributed by atoms with Gasteiger partial charge in [-0.25, -0.2) is 4.39 Å². The lowest BCUT2D eigenvalue weighted by Crippen LogP contribution is -2.38. The number of carbonyl (C=O) groups excluding carboxylic acids is 2. The minimum absolute atomic E-state index is 0.147. The van der Waals surface area contributed by atoms with E-state index in [-0.39, 0.29) is 24.2 Å². The summed E-state index contributed by atoms with van der Waals surface area (Å²) in [5.41, 5.74) is 2.78. The van der Waals surface area contributed by atoms with Crippen molar-refractivity contribution in [3.05, 3.63) is 106 Å². The maximum atomic E-state index is 13.5. The number of nitrogens with one attached hydrogen (secondary N) is 1. The Bertz CT molecular complexity index is 1110. The molecule has 6 heteroatoms. The standard InChI is InChI=1S/C24H18ClFN2O2/c25-18-9-12-21-20(14-18)24(17-7-10-19(26)11-8-17)28(15-22(29)27-21)23(30)13-6-16-4-2-1-3-5-16/h1-14,24H,15H2,(H,27,29)/b13-6+. The van der Waals surface area contributed by atoms with Crippen LogP contribution >= 0.6 is 11.6 Å². The Labute approximate surface area is 178 Å². The number of anilines is 1. The van der Waals surface area contributed by atoms with Crippen LogP contribution in [0.5, 0.6) is 0 Å². The first kappa shape index (κ1) is 19.9. The molecule has 1 aliphatic heterocycles. The van der Waals surface area contributed by atoms with E-state index in [1.54, 1.807) is 36.4 Å². The molecular weight excluding hydrogens is 403 g/mol. The zero-order valence-electron chi connectivity index (χ0n) is 15.9. The van der Waals surface area contributed by atoms with Crippen LogP contribution < -0.4 is 5.32 Å². The SMILES string of the molecule is O=C1CN(C(=O)/C=C/c2ccccc2)C(c2ccc(F)cc2)c2cc(Cl)ccc2N1. The number of nitrogens with zero attached hydrogens (tertiary/aromatic N) is 1. The minimum atomic E-state index is -0.605. The molecule has 1 aliphatic rings. The maximum absolute atomic E-state index is 13.5. The van der Waals surface area contributed by atoms with Crippen molar-refractivity contribution in [2.45, 2.75) is 6.04 Å². The molecule has 4 rings (SSSR count). The van der Waals surface area contributed by atoms with E-state index >= 15 is 0 Å². The van der Waals surface area contributed by atoms with Crippen LogP contribution in [0.25, 0.3) is 6.08 Å². The van der Waals surface area contributed by atoms with E-state index in [1.807, 2.05) is 30.3 Å². The highest BCUT2D eigenvalue weighted by atomic mass is 35.5. The van der Waals surface area contributed by atoms with Crippen LogP contribution in [0.15, 0.2) is 78.9 Å².